The van der Waals surface area contributed by atoms with E-state index >= 15 is 0 Å². The van der Waals surface area contributed by atoms with Crippen LogP contribution in [0.25, 0.3) is 0 Å². The Bertz CT molecular complexity index is 304. The standard InChI is InChI=1S/C13H24N2O3/c1-13(2,3)18-12(17)15(9-11(14)16)10-7-5-4-6-8-10/h10H,4-9H2,1-3H3,(H2,14,16). The zero-order chi connectivity index (χ0) is 13.8. The first kappa shape index (κ1) is 14.8. The van der Waals surface area contributed by atoms with Gasteiger partial charge < -0.3 is 10.5 Å². The summed E-state index contributed by atoms with van der Waals surface area (Å²) in [5.41, 5.74) is 4.66. The van der Waals surface area contributed by atoms with E-state index in [9.17, 15) is 9.59 Å². The highest BCUT2D eigenvalue weighted by atomic mass is 16.6. The second-order valence-corrected chi connectivity index (χ2v) is 5.87. The Morgan fingerprint density at radius 1 is 1.22 bits per heavy atom. The summed E-state index contributed by atoms with van der Waals surface area (Å²) in [5, 5.41) is 0. The summed E-state index contributed by atoms with van der Waals surface area (Å²) >= 11 is 0. The van der Waals surface area contributed by atoms with Gasteiger partial charge in [-0.25, -0.2) is 4.79 Å². The molecule has 0 aromatic rings. The maximum absolute atomic E-state index is 12.1. The predicted octanol–water partition coefficient (Wildman–Crippen LogP) is 2.04. The molecule has 0 spiro atoms. The molecule has 0 aromatic heterocycles. The number of carbonyl (C=O) groups is 2. The van der Waals surface area contributed by atoms with Gasteiger partial charge >= 0.3 is 6.09 Å². The monoisotopic (exact) mass is 256 g/mol. The van der Waals surface area contributed by atoms with Crippen molar-refractivity contribution in [2.45, 2.75) is 64.5 Å². The highest BCUT2D eigenvalue weighted by Crippen LogP contribution is 2.24. The van der Waals surface area contributed by atoms with Gasteiger partial charge in [0.15, 0.2) is 0 Å². The zero-order valence-electron chi connectivity index (χ0n) is 11.6. The first-order valence-electron chi connectivity index (χ1n) is 6.57. The van der Waals surface area contributed by atoms with Crippen molar-refractivity contribution in [3.05, 3.63) is 0 Å². The molecule has 5 nitrogen and oxygen atoms in total. The molecule has 0 saturated heterocycles. The van der Waals surface area contributed by atoms with E-state index in [1.807, 2.05) is 20.8 Å². The van der Waals surface area contributed by atoms with Crippen LogP contribution < -0.4 is 5.73 Å². The molecule has 2 amide bonds. The lowest BCUT2D eigenvalue weighted by molar-refractivity contribution is -0.119. The summed E-state index contributed by atoms with van der Waals surface area (Å²) in [6.07, 6.45) is 4.77. The van der Waals surface area contributed by atoms with Gasteiger partial charge in [0, 0.05) is 6.04 Å². The molecular formula is C13H24N2O3. The minimum atomic E-state index is -0.554. The van der Waals surface area contributed by atoms with Crippen LogP contribution >= 0.6 is 0 Å². The highest BCUT2D eigenvalue weighted by molar-refractivity contribution is 5.81. The Morgan fingerprint density at radius 2 is 1.78 bits per heavy atom. The van der Waals surface area contributed by atoms with Gasteiger partial charge in [0.05, 0.1) is 0 Å². The minimum Gasteiger partial charge on any atom is -0.444 e. The average molecular weight is 256 g/mol. The molecule has 0 aromatic carbocycles. The molecule has 0 bridgehead atoms. The topological polar surface area (TPSA) is 72.6 Å². The van der Waals surface area contributed by atoms with Crippen molar-refractivity contribution in [2.75, 3.05) is 6.54 Å². The normalized spacial score (nSPS) is 17.3. The van der Waals surface area contributed by atoms with E-state index in [4.69, 9.17) is 10.5 Å². The van der Waals surface area contributed by atoms with E-state index in [2.05, 4.69) is 0 Å². The number of hydrogen-bond acceptors (Lipinski definition) is 3. The predicted molar refractivity (Wildman–Crippen MR) is 69.0 cm³/mol. The van der Waals surface area contributed by atoms with Crippen molar-refractivity contribution in [1.29, 1.82) is 0 Å². The quantitative estimate of drug-likeness (QED) is 0.839. The molecule has 18 heavy (non-hydrogen) atoms. The van der Waals surface area contributed by atoms with Crippen LogP contribution in [0.5, 0.6) is 0 Å². The van der Waals surface area contributed by atoms with Crippen LogP contribution in [0, 0.1) is 0 Å². The summed E-state index contributed by atoms with van der Waals surface area (Å²) in [4.78, 5) is 24.7. The van der Waals surface area contributed by atoms with Crippen molar-refractivity contribution in [2.24, 2.45) is 5.73 Å². The minimum absolute atomic E-state index is 0.0560. The number of hydrogen-bond donors (Lipinski definition) is 1. The van der Waals surface area contributed by atoms with Crippen molar-refractivity contribution < 1.29 is 14.3 Å². The molecule has 1 aliphatic carbocycles. The van der Waals surface area contributed by atoms with Crippen LogP contribution in [0.4, 0.5) is 4.79 Å². The van der Waals surface area contributed by atoms with Gasteiger partial charge in [-0.1, -0.05) is 19.3 Å². The molecule has 1 aliphatic rings. The number of ether oxygens (including phenoxy) is 1. The van der Waals surface area contributed by atoms with Gasteiger partial charge in [0.1, 0.15) is 12.1 Å². The third-order valence-corrected chi connectivity index (χ3v) is 2.97. The Labute approximate surface area is 109 Å². The highest BCUT2D eigenvalue weighted by Gasteiger charge is 2.30. The smallest absolute Gasteiger partial charge is 0.411 e. The van der Waals surface area contributed by atoms with E-state index in [-0.39, 0.29) is 12.6 Å². The van der Waals surface area contributed by atoms with Gasteiger partial charge in [-0.15, -0.1) is 0 Å². The summed E-state index contributed by atoms with van der Waals surface area (Å²) in [6.45, 7) is 5.39. The molecule has 1 rings (SSSR count). The Hall–Kier alpha value is -1.26. The molecule has 5 heteroatoms. The molecular weight excluding hydrogens is 232 g/mol. The lowest BCUT2D eigenvalue weighted by atomic mass is 9.94. The lowest BCUT2D eigenvalue weighted by Gasteiger charge is -2.34. The molecule has 0 aliphatic heterocycles. The Kier molecular flexibility index (Phi) is 4.99. The number of primary amides is 1. The van der Waals surface area contributed by atoms with Crippen LogP contribution in [-0.4, -0.2) is 35.1 Å². The molecule has 2 N–H and O–H groups in total. The van der Waals surface area contributed by atoms with Gasteiger partial charge in [-0.3, -0.25) is 9.69 Å². The summed E-state index contributed by atoms with van der Waals surface area (Å²) in [7, 11) is 0. The van der Waals surface area contributed by atoms with Crippen LogP contribution in [0.15, 0.2) is 0 Å². The van der Waals surface area contributed by atoms with Gasteiger partial charge in [0.25, 0.3) is 0 Å². The second-order valence-electron chi connectivity index (χ2n) is 5.87. The maximum atomic E-state index is 12.1. The van der Waals surface area contributed by atoms with Crippen LogP contribution in [-0.2, 0) is 9.53 Å². The molecule has 0 atom stereocenters. The van der Waals surface area contributed by atoms with E-state index in [0.29, 0.717) is 0 Å². The molecule has 104 valence electrons. The number of nitrogens with two attached hydrogens (primary N) is 1. The molecule has 0 unspecified atom stereocenters. The first-order chi connectivity index (χ1) is 8.29. The third kappa shape index (κ3) is 4.94. The van der Waals surface area contributed by atoms with Crippen LogP contribution in [0.2, 0.25) is 0 Å². The molecule has 1 saturated carbocycles. The summed E-state index contributed by atoms with van der Waals surface area (Å²) in [6, 6.07) is 0.0844. The number of nitrogens with zero attached hydrogens (tertiary/aromatic N) is 1. The Balaban J connectivity index is 2.70. The van der Waals surface area contributed by atoms with Crippen LogP contribution in [0.1, 0.15) is 52.9 Å². The summed E-state index contributed by atoms with van der Waals surface area (Å²) < 4.78 is 5.33. The third-order valence-electron chi connectivity index (χ3n) is 2.97. The fraction of sp³-hybridized carbons (Fsp3) is 0.846. The lowest BCUT2D eigenvalue weighted by Crippen LogP contribution is -2.48. The van der Waals surface area contributed by atoms with E-state index in [0.717, 1.165) is 25.7 Å². The number of amides is 2. The maximum Gasteiger partial charge on any atom is 0.411 e. The SMILES string of the molecule is CC(C)(C)OC(=O)N(CC(N)=O)C1CCCCC1. The van der Waals surface area contributed by atoms with E-state index in [1.165, 1.54) is 11.3 Å². The number of carbonyl (C=O) groups excluding carboxylic acids is 2. The summed E-state index contributed by atoms with van der Waals surface area (Å²) in [5.74, 6) is -0.494. The van der Waals surface area contributed by atoms with E-state index < -0.39 is 17.6 Å². The van der Waals surface area contributed by atoms with Crippen molar-refractivity contribution in [3.63, 3.8) is 0 Å². The second kappa shape index (κ2) is 6.07. The average Bonchev–Trinajstić information content (AvgIpc) is 2.24. The van der Waals surface area contributed by atoms with Gasteiger partial charge in [-0.05, 0) is 33.6 Å². The first-order valence-corrected chi connectivity index (χ1v) is 6.57. The fourth-order valence-corrected chi connectivity index (χ4v) is 2.22. The van der Waals surface area contributed by atoms with Crippen molar-refractivity contribution in [3.8, 4) is 0 Å². The van der Waals surface area contributed by atoms with Crippen molar-refractivity contribution >= 4 is 12.0 Å². The molecule has 0 heterocycles. The largest absolute Gasteiger partial charge is 0.444 e. The fourth-order valence-electron chi connectivity index (χ4n) is 2.22. The van der Waals surface area contributed by atoms with Gasteiger partial charge in [-0.2, -0.15) is 0 Å². The molecule has 0 radical (unpaired) electrons. The molecule has 1 fully saturated rings. The van der Waals surface area contributed by atoms with E-state index in [1.54, 1.807) is 0 Å². The zero-order valence-corrected chi connectivity index (χ0v) is 11.6. The Morgan fingerprint density at radius 3 is 2.22 bits per heavy atom. The van der Waals surface area contributed by atoms with Crippen molar-refractivity contribution in [1.82, 2.24) is 4.90 Å². The number of rotatable bonds is 3. The van der Waals surface area contributed by atoms with Crippen LogP contribution in [0.3, 0.4) is 0 Å². The van der Waals surface area contributed by atoms with Gasteiger partial charge in [0.2, 0.25) is 5.91 Å².